The highest BCUT2D eigenvalue weighted by molar-refractivity contribution is 5.21. The summed E-state index contributed by atoms with van der Waals surface area (Å²) in [4.78, 5) is 0. The van der Waals surface area contributed by atoms with Crippen LogP contribution >= 0.6 is 0 Å². The van der Waals surface area contributed by atoms with Crippen LogP contribution in [0.5, 0.6) is 0 Å². The van der Waals surface area contributed by atoms with Gasteiger partial charge in [0.15, 0.2) is 0 Å². The lowest BCUT2D eigenvalue weighted by Crippen LogP contribution is -2.48. The monoisotopic (exact) mass is 272 g/mol. The van der Waals surface area contributed by atoms with Gasteiger partial charge in [-0.25, -0.2) is 0 Å². The van der Waals surface area contributed by atoms with Crippen molar-refractivity contribution in [3.8, 4) is 0 Å². The molecule has 0 aromatic rings. The molecule has 6 aliphatic rings. The summed E-state index contributed by atoms with van der Waals surface area (Å²) >= 11 is 0. The molecule has 0 radical (unpaired) electrons. The zero-order chi connectivity index (χ0) is 13.2. The number of methoxy groups -OCH3 is 1. The summed E-state index contributed by atoms with van der Waals surface area (Å²) in [6.07, 6.45) is 9.33. The second-order valence-corrected chi connectivity index (χ2v) is 9.53. The molecule has 11 atom stereocenters. The van der Waals surface area contributed by atoms with Crippen LogP contribution in [0.2, 0.25) is 0 Å². The fourth-order valence-corrected chi connectivity index (χ4v) is 9.33. The average molecular weight is 272 g/mol. The lowest BCUT2D eigenvalue weighted by atomic mass is 9.58. The summed E-state index contributed by atoms with van der Waals surface area (Å²) in [5.41, 5.74) is 0.240. The Bertz CT molecular complexity index is 472. The smallest absolute Gasteiger partial charge is 0.0684 e. The summed E-state index contributed by atoms with van der Waals surface area (Å²) in [6.45, 7) is 2.43. The normalized spacial score (nSPS) is 71.7. The van der Waals surface area contributed by atoms with Crippen LogP contribution in [0.25, 0.3) is 0 Å². The molecule has 0 aromatic heterocycles. The topological polar surface area (TPSA) is 9.23 Å². The summed E-state index contributed by atoms with van der Waals surface area (Å²) in [6, 6.07) is 0. The van der Waals surface area contributed by atoms with E-state index in [1.165, 1.54) is 24.7 Å². The second kappa shape index (κ2) is 3.31. The van der Waals surface area contributed by atoms with E-state index < -0.39 is 0 Å². The third-order valence-corrected chi connectivity index (χ3v) is 9.50. The Labute approximate surface area is 122 Å². The second-order valence-electron chi connectivity index (χ2n) is 9.53. The Kier molecular flexibility index (Phi) is 1.91. The van der Waals surface area contributed by atoms with Crippen molar-refractivity contribution in [2.75, 3.05) is 7.11 Å². The zero-order valence-corrected chi connectivity index (χ0v) is 12.9. The van der Waals surface area contributed by atoms with Gasteiger partial charge in [0, 0.05) is 7.11 Å². The van der Waals surface area contributed by atoms with Gasteiger partial charge in [-0.05, 0) is 105 Å². The zero-order valence-electron chi connectivity index (χ0n) is 12.9. The largest absolute Gasteiger partial charge is 0.378 e. The van der Waals surface area contributed by atoms with E-state index in [2.05, 4.69) is 6.92 Å². The minimum Gasteiger partial charge on any atom is -0.378 e. The molecule has 0 aromatic carbocycles. The van der Waals surface area contributed by atoms with Crippen molar-refractivity contribution in [2.45, 2.75) is 51.0 Å². The first kappa shape index (κ1) is 11.5. The van der Waals surface area contributed by atoms with E-state index in [-0.39, 0.29) is 5.60 Å². The highest BCUT2D eigenvalue weighted by atomic mass is 16.5. The van der Waals surface area contributed by atoms with Crippen molar-refractivity contribution in [1.29, 1.82) is 0 Å². The molecule has 0 N–H and O–H groups in total. The van der Waals surface area contributed by atoms with Gasteiger partial charge < -0.3 is 4.74 Å². The Hall–Kier alpha value is -0.0400. The average Bonchev–Trinajstić information content (AvgIpc) is 3.22. The van der Waals surface area contributed by atoms with Crippen LogP contribution in [-0.2, 0) is 4.74 Å². The van der Waals surface area contributed by atoms with E-state index in [1.807, 2.05) is 7.11 Å². The minimum absolute atomic E-state index is 0.240. The van der Waals surface area contributed by atoms with Crippen molar-refractivity contribution in [2.24, 2.45) is 59.2 Å². The molecule has 6 rings (SSSR count). The molecule has 20 heavy (non-hydrogen) atoms. The molecule has 110 valence electrons. The quantitative estimate of drug-likeness (QED) is 0.656. The van der Waals surface area contributed by atoms with Crippen LogP contribution in [0.15, 0.2) is 0 Å². The van der Waals surface area contributed by atoms with Crippen LogP contribution < -0.4 is 0 Å². The number of ether oxygens (including phenoxy) is 1. The third-order valence-electron chi connectivity index (χ3n) is 9.50. The van der Waals surface area contributed by atoms with E-state index in [0.717, 1.165) is 47.3 Å². The molecule has 6 fully saturated rings. The first-order valence-corrected chi connectivity index (χ1v) is 9.26. The molecular weight excluding hydrogens is 244 g/mol. The van der Waals surface area contributed by atoms with E-state index in [9.17, 15) is 0 Å². The van der Waals surface area contributed by atoms with Gasteiger partial charge >= 0.3 is 0 Å². The molecule has 0 spiro atoms. The van der Waals surface area contributed by atoms with Crippen LogP contribution in [0, 0.1) is 59.2 Å². The molecule has 6 aliphatic carbocycles. The van der Waals surface area contributed by atoms with Gasteiger partial charge in [0.2, 0.25) is 0 Å². The first-order valence-electron chi connectivity index (χ1n) is 9.26. The predicted octanol–water partition coefficient (Wildman–Crippen LogP) is 3.98. The minimum atomic E-state index is 0.240. The van der Waals surface area contributed by atoms with Gasteiger partial charge in [0.05, 0.1) is 5.60 Å². The van der Waals surface area contributed by atoms with Gasteiger partial charge in [-0.15, -0.1) is 0 Å². The predicted molar refractivity (Wildman–Crippen MR) is 78.0 cm³/mol. The molecule has 6 saturated carbocycles. The van der Waals surface area contributed by atoms with Crippen molar-refractivity contribution in [1.82, 2.24) is 0 Å². The maximum atomic E-state index is 6.02. The van der Waals surface area contributed by atoms with Crippen molar-refractivity contribution >= 4 is 0 Å². The van der Waals surface area contributed by atoms with E-state index in [4.69, 9.17) is 4.74 Å². The molecule has 1 heteroatoms. The maximum Gasteiger partial charge on any atom is 0.0684 e. The number of hydrogen-bond donors (Lipinski definition) is 0. The molecule has 0 heterocycles. The lowest BCUT2D eigenvalue weighted by molar-refractivity contribution is -0.0973. The summed E-state index contributed by atoms with van der Waals surface area (Å²) in [7, 11) is 1.98. The number of hydrogen-bond acceptors (Lipinski definition) is 1. The van der Waals surface area contributed by atoms with E-state index in [1.54, 1.807) is 25.7 Å². The van der Waals surface area contributed by atoms with Crippen LogP contribution in [0.3, 0.4) is 0 Å². The Morgan fingerprint density at radius 1 is 0.800 bits per heavy atom. The number of fused-ring (bicyclic) bond motifs is 16. The maximum absolute atomic E-state index is 6.02. The standard InChI is InChI=1S/C19H28O/c1-19(20-2)8-11-6-14(19)18-13-7-12(17(11)18)15-9-3-4-10(5-9)16(13)15/h9-18H,3-8H2,1-2H3/t9?,10-,11?,12+,13?,14?,15?,16?,17-,18?,19?/m1/s1. The SMILES string of the molecule is COC1(C)CC2CC1C1C3C[C@@H](C4C5CC[C@H](C5)C34)[C@@H]21. The first-order chi connectivity index (χ1) is 9.71. The molecule has 1 nitrogen and oxygen atoms in total. The number of rotatable bonds is 1. The van der Waals surface area contributed by atoms with Crippen molar-refractivity contribution in [3.05, 3.63) is 0 Å². The fourth-order valence-electron chi connectivity index (χ4n) is 9.33. The van der Waals surface area contributed by atoms with E-state index >= 15 is 0 Å². The molecule has 0 aliphatic heterocycles. The molecule has 6 bridgehead atoms. The van der Waals surface area contributed by atoms with Gasteiger partial charge in [0.25, 0.3) is 0 Å². The van der Waals surface area contributed by atoms with Crippen LogP contribution in [-0.4, -0.2) is 12.7 Å². The molecule has 0 amide bonds. The third kappa shape index (κ3) is 1.03. The Morgan fingerprint density at radius 2 is 1.45 bits per heavy atom. The lowest BCUT2D eigenvalue weighted by Gasteiger charge is -2.49. The van der Waals surface area contributed by atoms with Crippen LogP contribution in [0.4, 0.5) is 0 Å². The van der Waals surface area contributed by atoms with Crippen molar-refractivity contribution < 1.29 is 4.74 Å². The highest BCUT2D eigenvalue weighted by Crippen LogP contribution is 2.77. The summed E-state index contributed by atoms with van der Waals surface area (Å²) in [5.74, 6) is 11.1. The fraction of sp³-hybridized carbons (Fsp3) is 1.00. The van der Waals surface area contributed by atoms with Gasteiger partial charge in [0.1, 0.15) is 0 Å². The molecule has 0 saturated heterocycles. The Balaban J connectivity index is 1.41. The van der Waals surface area contributed by atoms with Gasteiger partial charge in [-0.3, -0.25) is 0 Å². The van der Waals surface area contributed by atoms with Crippen molar-refractivity contribution in [3.63, 3.8) is 0 Å². The van der Waals surface area contributed by atoms with Crippen LogP contribution in [0.1, 0.15) is 45.4 Å². The summed E-state index contributed by atoms with van der Waals surface area (Å²) in [5, 5.41) is 0. The summed E-state index contributed by atoms with van der Waals surface area (Å²) < 4.78 is 6.02. The highest BCUT2D eigenvalue weighted by Gasteiger charge is 2.73. The van der Waals surface area contributed by atoms with Gasteiger partial charge in [-0.2, -0.15) is 0 Å². The molecule has 8 unspecified atom stereocenters. The van der Waals surface area contributed by atoms with Gasteiger partial charge in [-0.1, -0.05) is 0 Å². The van der Waals surface area contributed by atoms with E-state index in [0.29, 0.717) is 0 Å². The molecular formula is C19H28O. The Morgan fingerprint density at radius 3 is 2.15 bits per heavy atom.